The maximum Gasteiger partial charge on any atom is 0.333 e. The predicted octanol–water partition coefficient (Wildman–Crippen LogP) is 11.0. The molecular formula is C48H78O7. The summed E-state index contributed by atoms with van der Waals surface area (Å²) in [4.78, 5) is 24.3. The van der Waals surface area contributed by atoms with Crippen molar-refractivity contribution >= 4 is 11.9 Å². The molecule has 55 heavy (non-hydrogen) atoms. The van der Waals surface area contributed by atoms with Gasteiger partial charge in [0.25, 0.3) is 0 Å². The number of unbranched alkanes of at least 4 members (excludes halogenated alkanes) is 2. The molecule has 2 aliphatic carbocycles. The third-order valence-electron chi connectivity index (χ3n) is 12.6. The quantitative estimate of drug-likeness (QED) is 0.0613. The molecule has 0 unspecified atom stereocenters. The average molecular weight is 767 g/mol. The van der Waals surface area contributed by atoms with Gasteiger partial charge in [-0.15, -0.1) is 0 Å². The molecule has 312 valence electrons. The van der Waals surface area contributed by atoms with Gasteiger partial charge in [0, 0.05) is 16.6 Å². The van der Waals surface area contributed by atoms with Gasteiger partial charge in [0.15, 0.2) is 0 Å². The number of hydrogen-bond acceptors (Lipinski definition) is 7. The van der Waals surface area contributed by atoms with Crippen LogP contribution < -0.4 is 4.74 Å². The van der Waals surface area contributed by atoms with Crippen molar-refractivity contribution in [3.63, 3.8) is 0 Å². The van der Waals surface area contributed by atoms with Crippen molar-refractivity contribution < 1.29 is 34.0 Å². The van der Waals surface area contributed by atoms with Crippen LogP contribution in [-0.4, -0.2) is 55.2 Å². The van der Waals surface area contributed by atoms with Gasteiger partial charge < -0.3 is 24.4 Å². The van der Waals surface area contributed by atoms with Gasteiger partial charge in [-0.05, 0) is 143 Å². The highest BCUT2D eigenvalue weighted by molar-refractivity contribution is 5.87. The second-order valence-corrected chi connectivity index (χ2v) is 18.6. The van der Waals surface area contributed by atoms with E-state index < -0.39 is 5.41 Å². The van der Waals surface area contributed by atoms with E-state index in [9.17, 15) is 19.8 Å². The summed E-state index contributed by atoms with van der Waals surface area (Å²) < 4.78 is 17.7. The maximum absolute atomic E-state index is 12.2. The summed E-state index contributed by atoms with van der Waals surface area (Å²) in [6.45, 7) is 20.3. The highest BCUT2D eigenvalue weighted by atomic mass is 16.5. The van der Waals surface area contributed by atoms with Crippen LogP contribution in [0, 0.1) is 28.6 Å². The first-order valence-corrected chi connectivity index (χ1v) is 21.9. The molecule has 1 aromatic carbocycles. The van der Waals surface area contributed by atoms with E-state index in [1.165, 1.54) is 82.6 Å². The molecule has 0 radical (unpaired) electrons. The first kappa shape index (κ1) is 46.7. The van der Waals surface area contributed by atoms with E-state index in [-0.39, 0.29) is 30.6 Å². The van der Waals surface area contributed by atoms with E-state index in [2.05, 4.69) is 53.0 Å². The Hall–Kier alpha value is -2.64. The highest BCUT2D eigenvalue weighted by Gasteiger charge is 2.33. The molecule has 3 rings (SSSR count). The molecule has 0 aromatic heterocycles. The molecule has 0 aliphatic heterocycles. The number of hydrogen-bond donors (Lipinski definition) is 2. The van der Waals surface area contributed by atoms with Crippen LogP contribution in [0.25, 0.3) is 0 Å². The Morgan fingerprint density at radius 2 is 1.22 bits per heavy atom. The van der Waals surface area contributed by atoms with Gasteiger partial charge in [-0.25, -0.2) is 9.59 Å². The molecule has 0 spiro atoms. The van der Waals surface area contributed by atoms with Gasteiger partial charge in [-0.3, -0.25) is 0 Å². The minimum atomic E-state index is -0.631. The fourth-order valence-electron chi connectivity index (χ4n) is 8.73. The molecule has 2 N–H and O–H groups in total. The summed E-state index contributed by atoms with van der Waals surface area (Å²) in [5.74, 6) is 3.20. The lowest BCUT2D eigenvalue weighted by molar-refractivity contribution is -0.139. The lowest BCUT2D eigenvalue weighted by Crippen LogP contribution is -2.33. The summed E-state index contributed by atoms with van der Waals surface area (Å²) in [5.41, 5.74) is 3.76. The van der Waals surface area contributed by atoms with Crippen molar-refractivity contribution in [2.24, 2.45) is 28.6 Å². The van der Waals surface area contributed by atoms with E-state index in [1.807, 2.05) is 0 Å². The van der Waals surface area contributed by atoms with Crippen molar-refractivity contribution in [3.8, 4) is 5.75 Å². The monoisotopic (exact) mass is 767 g/mol. The molecule has 0 atom stereocenters. The van der Waals surface area contributed by atoms with Crippen LogP contribution in [0.5, 0.6) is 5.75 Å². The Morgan fingerprint density at radius 1 is 0.709 bits per heavy atom. The van der Waals surface area contributed by atoms with Crippen molar-refractivity contribution in [1.82, 2.24) is 0 Å². The van der Waals surface area contributed by atoms with Crippen LogP contribution in [-0.2, 0) is 31.9 Å². The van der Waals surface area contributed by atoms with Crippen LogP contribution in [0.2, 0.25) is 0 Å². The lowest BCUT2D eigenvalue weighted by Gasteiger charge is -2.38. The number of aliphatic hydroxyl groups excluding tert-OH is 2. The SMILES string of the molecule is C=C(C)C(=O)OCCCc1cc(C2CCC(C3CCC(CCCCC)CC3)CC2)cc(CCCOC(=O)C(=C)C)c1OCCC(CO)(CO)CCC(C)(C)C. The Bertz CT molecular complexity index is 1280. The third-order valence-corrected chi connectivity index (χ3v) is 12.6. The second kappa shape index (κ2) is 23.6. The zero-order chi connectivity index (χ0) is 40.4. The normalized spacial score (nSPS) is 20.5. The van der Waals surface area contributed by atoms with Crippen molar-refractivity contribution in [2.75, 3.05) is 33.0 Å². The smallest absolute Gasteiger partial charge is 0.333 e. The molecule has 2 saturated carbocycles. The zero-order valence-electron chi connectivity index (χ0n) is 35.8. The largest absolute Gasteiger partial charge is 0.493 e. The highest BCUT2D eigenvalue weighted by Crippen LogP contribution is 2.46. The zero-order valence-corrected chi connectivity index (χ0v) is 35.8. The molecule has 0 heterocycles. The lowest BCUT2D eigenvalue weighted by atomic mass is 9.67. The molecule has 2 fully saturated rings. The predicted molar refractivity (Wildman–Crippen MR) is 224 cm³/mol. The van der Waals surface area contributed by atoms with Crippen LogP contribution in [0.1, 0.15) is 173 Å². The number of ether oxygens (including phenoxy) is 3. The van der Waals surface area contributed by atoms with Crippen molar-refractivity contribution in [3.05, 3.63) is 53.1 Å². The van der Waals surface area contributed by atoms with Gasteiger partial charge in [-0.2, -0.15) is 0 Å². The van der Waals surface area contributed by atoms with Gasteiger partial charge in [-0.1, -0.05) is 91.5 Å². The molecule has 0 saturated heterocycles. The number of rotatable bonds is 24. The third kappa shape index (κ3) is 16.0. The molecule has 7 heteroatoms. The molecule has 0 amide bonds. The summed E-state index contributed by atoms with van der Waals surface area (Å²) in [6.07, 6.45) is 20.8. The number of carbonyl (C=O) groups excluding carboxylic acids is 2. The van der Waals surface area contributed by atoms with Crippen LogP contribution in [0.4, 0.5) is 0 Å². The molecule has 0 bridgehead atoms. The number of aryl methyl sites for hydroxylation is 2. The van der Waals surface area contributed by atoms with Crippen molar-refractivity contribution in [2.45, 2.75) is 169 Å². The molecular weight excluding hydrogens is 689 g/mol. The first-order chi connectivity index (χ1) is 26.2. The standard InChI is InChI=1S/C48H78O7/c1-9-10-11-14-37-17-19-38(20-18-37)39-21-23-40(24-22-39)43-31-41(15-12-28-54-45(51)35(2)3)44(42(32-43)16-13-29-55-46(52)36(4)5)53-30-27-48(33-49,34-50)26-25-47(6,7)8/h31-32,37-40,49-50H,2,4,9-30,33-34H2,1,3,5-8H3. The topological polar surface area (TPSA) is 102 Å². The fourth-order valence-corrected chi connectivity index (χ4v) is 8.73. The van der Waals surface area contributed by atoms with E-state index in [1.54, 1.807) is 13.8 Å². The Morgan fingerprint density at radius 3 is 1.67 bits per heavy atom. The first-order valence-electron chi connectivity index (χ1n) is 21.9. The van der Waals surface area contributed by atoms with Gasteiger partial charge in [0.1, 0.15) is 5.75 Å². The van der Waals surface area contributed by atoms with Crippen LogP contribution >= 0.6 is 0 Å². The van der Waals surface area contributed by atoms with E-state index >= 15 is 0 Å². The summed E-state index contributed by atoms with van der Waals surface area (Å²) in [6, 6.07) is 4.66. The van der Waals surface area contributed by atoms with Gasteiger partial charge in [0.05, 0.1) is 33.0 Å². The Balaban J connectivity index is 1.83. The van der Waals surface area contributed by atoms with E-state index in [0.29, 0.717) is 75.4 Å². The minimum absolute atomic E-state index is 0.0836. The van der Waals surface area contributed by atoms with Gasteiger partial charge >= 0.3 is 11.9 Å². The maximum atomic E-state index is 12.2. The number of carbonyl (C=O) groups is 2. The summed E-state index contributed by atoms with van der Waals surface area (Å²) in [7, 11) is 0. The summed E-state index contributed by atoms with van der Waals surface area (Å²) >= 11 is 0. The number of benzene rings is 1. The molecule has 1 aromatic rings. The Kier molecular flexibility index (Phi) is 20.0. The van der Waals surface area contributed by atoms with E-state index in [4.69, 9.17) is 14.2 Å². The summed E-state index contributed by atoms with van der Waals surface area (Å²) in [5, 5.41) is 20.9. The fraction of sp³-hybridized carbons (Fsp3) is 0.750. The van der Waals surface area contributed by atoms with E-state index in [0.717, 1.165) is 41.1 Å². The van der Waals surface area contributed by atoms with Gasteiger partial charge in [0.2, 0.25) is 0 Å². The minimum Gasteiger partial charge on any atom is -0.493 e. The number of aliphatic hydroxyl groups is 2. The average Bonchev–Trinajstić information content (AvgIpc) is 3.16. The molecule has 2 aliphatic rings. The Labute approximate surface area is 335 Å². The van der Waals surface area contributed by atoms with Crippen LogP contribution in [0.3, 0.4) is 0 Å². The van der Waals surface area contributed by atoms with Crippen LogP contribution in [0.15, 0.2) is 36.4 Å². The second-order valence-electron chi connectivity index (χ2n) is 18.6. The molecule has 7 nitrogen and oxygen atoms in total. The number of esters is 2. The van der Waals surface area contributed by atoms with Crippen molar-refractivity contribution in [1.29, 1.82) is 0 Å².